The van der Waals surface area contributed by atoms with E-state index in [4.69, 9.17) is 4.84 Å². The summed E-state index contributed by atoms with van der Waals surface area (Å²) in [7, 11) is 0. The molecule has 0 radical (unpaired) electrons. The summed E-state index contributed by atoms with van der Waals surface area (Å²) in [4.78, 5) is 5.42. The van der Waals surface area contributed by atoms with Gasteiger partial charge in [0.1, 0.15) is 0 Å². The molecule has 2 nitrogen and oxygen atoms in total. The third-order valence-corrected chi connectivity index (χ3v) is 3.81. The largest absolute Gasteiger partial charge is 0.297 e. The zero-order valence-electron chi connectivity index (χ0n) is 8.82. The number of rotatable bonds is 5. The Balaban J connectivity index is 1.59. The molecule has 0 saturated carbocycles. The van der Waals surface area contributed by atoms with Crippen molar-refractivity contribution in [2.45, 2.75) is 13.0 Å². The van der Waals surface area contributed by atoms with Gasteiger partial charge in [-0.15, -0.1) is 0 Å². The lowest BCUT2D eigenvalue weighted by Crippen LogP contribution is -2.22. The van der Waals surface area contributed by atoms with E-state index in [1.54, 1.807) is 0 Å². The van der Waals surface area contributed by atoms with Crippen molar-refractivity contribution in [2.75, 3.05) is 18.1 Å². The van der Waals surface area contributed by atoms with Crippen molar-refractivity contribution in [1.82, 2.24) is 5.48 Å². The smallest absolute Gasteiger partial charge is 0.0933 e. The molecule has 0 aliphatic carbocycles. The Morgan fingerprint density at radius 1 is 1.33 bits per heavy atom. The van der Waals surface area contributed by atoms with Crippen LogP contribution in [0.3, 0.4) is 0 Å². The van der Waals surface area contributed by atoms with E-state index in [1.807, 2.05) is 30.0 Å². The molecule has 1 saturated heterocycles. The molecule has 1 aliphatic rings. The molecule has 1 aliphatic heterocycles. The van der Waals surface area contributed by atoms with E-state index in [2.05, 4.69) is 17.6 Å². The Morgan fingerprint density at radius 3 is 2.93 bits per heavy atom. The molecule has 1 N–H and O–H groups in total. The second-order valence-corrected chi connectivity index (χ2v) is 5.00. The van der Waals surface area contributed by atoms with E-state index >= 15 is 0 Å². The zero-order valence-corrected chi connectivity index (χ0v) is 9.63. The monoisotopic (exact) mass is 223 g/mol. The Labute approximate surface area is 95.4 Å². The minimum atomic E-state index is 0.653. The van der Waals surface area contributed by atoms with E-state index in [9.17, 15) is 0 Å². The van der Waals surface area contributed by atoms with Crippen LogP contribution >= 0.6 is 11.8 Å². The molecule has 1 fully saturated rings. The van der Waals surface area contributed by atoms with Crippen LogP contribution in [0.25, 0.3) is 0 Å². The minimum absolute atomic E-state index is 0.653. The molecule has 82 valence electrons. The lowest BCUT2D eigenvalue weighted by atomic mass is 10.1. The first-order valence-electron chi connectivity index (χ1n) is 5.41. The molecule has 0 bridgehead atoms. The molecule has 1 aromatic rings. The molecule has 1 heterocycles. The normalized spacial score (nSPS) is 20.7. The molecule has 15 heavy (non-hydrogen) atoms. The van der Waals surface area contributed by atoms with Gasteiger partial charge in [-0.05, 0) is 29.4 Å². The van der Waals surface area contributed by atoms with Crippen LogP contribution in [0.15, 0.2) is 30.3 Å². The highest BCUT2D eigenvalue weighted by molar-refractivity contribution is 7.99. The standard InChI is InChI=1S/C12H17NOS/c1-2-4-11(5-3-1)9-14-13-8-12-6-7-15-10-12/h1-5,12-13H,6-10H2. The van der Waals surface area contributed by atoms with Crippen LogP contribution in [0.4, 0.5) is 0 Å². The second kappa shape index (κ2) is 6.16. The maximum Gasteiger partial charge on any atom is 0.0933 e. The predicted octanol–water partition coefficient (Wildman–Crippen LogP) is 2.46. The van der Waals surface area contributed by atoms with E-state index in [-0.39, 0.29) is 0 Å². The van der Waals surface area contributed by atoms with Gasteiger partial charge in [0.05, 0.1) is 6.61 Å². The topological polar surface area (TPSA) is 21.3 Å². The summed E-state index contributed by atoms with van der Waals surface area (Å²) in [6.45, 7) is 1.64. The van der Waals surface area contributed by atoms with E-state index < -0.39 is 0 Å². The van der Waals surface area contributed by atoms with Crippen molar-refractivity contribution < 1.29 is 4.84 Å². The summed E-state index contributed by atoms with van der Waals surface area (Å²) in [6.07, 6.45) is 1.33. The van der Waals surface area contributed by atoms with Gasteiger partial charge in [-0.1, -0.05) is 30.3 Å². The van der Waals surface area contributed by atoms with Gasteiger partial charge < -0.3 is 0 Å². The fraction of sp³-hybridized carbons (Fsp3) is 0.500. The summed E-state index contributed by atoms with van der Waals surface area (Å²) >= 11 is 2.04. The van der Waals surface area contributed by atoms with Crippen molar-refractivity contribution >= 4 is 11.8 Å². The number of thioether (sulfide) groups is 1. The number of nitrogens with one attached hydrogen (secondary N) is 1. The van der Waals surface area contributed by atoms with Crippen molar-refractivity contribution in [2.24, 2.45) is 5.92 Å². The van der Waals surface area contributed by atoms with Crippen LogP contribution in [0.5, 0.6) is 0 Å². The maximum absolute atomic E-state index is 5.42. The lowest BCUT2D eigenvalue weighted by molar-refractivity contribution is 0.0214. The maximum atomic E-state index is 5.42. The molecule has 3 heteroatoms. The summed E-state index contributed by atoms with van der Waals surface area (Å²) in [5.41, 5.74) is 4.28. The lowest BCUT2D eigenvalue weighted by Gasteiger charge is -2.09. The fourth-order valence-electron chi connectivity index (χ4n) is 1.63. The van der Waals surface area contributed by atoms with E-state index in [0.717, 1.165) is 12.5 Å². The zero-order chi connectivity index (χ0) is 10.3. The molecular weight excluding hydrogens is 206 g/mol. The highest BCUT2D eigenvalue weighted by Gasteiger charge is 2.14. The van der Waals surface area contributed by atoms with Gasteiger partial charge >= 0.3 is 0 Å². The molecule has 0 spiro atoms. The number of hydrogen-bond donors (Lipinski definition) is 1. The van der Waals surface area contributed by atoms with Crippen LogP contribution in [0.2, 0.25) is 0 Å². The van der Waals surface area contributed by atoms with Crippen molar-refractivity contribution in [3.05, 3.63) is 35.9 Å². The van der Waals surface area contributed by atoms with Crippen LogP contribution in [-0.4, -0.2) is 18.1 Å². The molecule has 1 unspecified atom stereocenters. The Hall–Kier alpha value is -0.510. The van der Waals surface area contributed by atoms with E-state index in [1.165, 1.54) is 23.5 Å². The number of hydroxylamine groups is 1. The van der Waals surface area contributed by atoms with Gasteiger partial charge in [0.2, 0.25) is 0 Å². The first-order chi connectivity index (χ1) is 7.45. The molecule has 0 aromatic heterocycles. The van der Waals surface area contributed by atoms with Gasteiger partial charge in [0, 0.05) is 6.54 Å². The first-order valence-corrected chi connectivity index (χ1v) is 6.57. The van der Waals surface area contributed by atoms with Crippen molar-refractivity contribution in [3.63, 3.8) is 0 Å². The highest BCUT2D eigenvalue weighted by Crippen LogP contribution is 2.22. The molecule has 1 atom stereocenters. The molecular formula is C12H17NOS. The van der Waals surface area contributed by atoms with Gasteiger partial charge in [-0.25, -0.2) is 5.48 Å². The van der Waals surface area contributed by atoms with Crippen LogP contribution in [-0.2, 0) is 11.4 Å². The van der Waals surface area contributed by atoms with Gasteiger partial charge in [0.25, 0.3) is 0 Å². The third-order valence-electron chi connectivity index (χ3n) is 2.58. The van der Waals surface area contributed by atoms with Gasteiger partial charge in [-0.2, -0.15) is 11.8 Å². The Bertz CT molecular complexity index is 272. The average molecular weight is 223 g/mol. The van der Waals surface area contributed by atoms with Crippen LogP contribution in [0, 0.1) is 5.92 Å². The summed E-state index contributed by atoms with van der Waals surface area (Å²) < 4.78 is 0. The number of hydrogen-bond acceptors (Lipinski definition) is 3. The summed E-state index contributed by atoms with van der Waals surface area (Å²) in [5.74, 6) is 3.39. The molecule has 0 amide bonds. The van der Waals surface area contributed by atoms with Crippen molar-refractivity contribution in [3.8, 4) is 0 Å². The SMILES string of the molecule is c1ccc(CONCC2CCSC2)cc1. The van der Waals surface area contributed by atoms with E-state index in [0.29, 0.717) is 6.61 Å². The van der Waals surface area contributed by atoms with Crippen LogP contribution in [0.1, 0.15) is 12.0 Å². The van der Waals surface area contributed by atoms with Crippen molar-refractivity contribution in [1.29, 1.82) is 0 Å². The Morgan fingerprint density at radius 2 is 2.20 bits per heavy atom. The first kappa shape index (κ1) is 11.0. The summed E-state index contributed by atoms with van der Waals surface area (Å²) in [5, 5.41) is 0. The average Bonchev–Trinajstić information content (AvgIpc) is 2.79. The predicted molar refractivity (Wildman–Crippen MR) is 64.7 cm³/mol. The highest BCUT2D eigenvalue weighted by atomic mass is 32.2. The van der Waals surface area contributed by atoms with Gasteiger partial charge in [0.15, 0.2) is 0 Å². The quantitative estimate of drug-likeness (QED) is 0.612. The summed E-state index contributed by atoms with van der Waals surface area (Å²) in [6, 6.07) is 10.2. The molecule has 1 aromatic carbocycles. The number of benzene rings is 1. The van der Waals surface area contributed by atoms with Crippen LogP contribution < -0.4 is 5.48 Å². The molecule has 2 rings (SSSR count). The van der Waals surface area contributed by atoms with Gasteiger partial charge in [-0.3, -0.25) is 4.84 Å². The second-order valence-electron chi connectivity index (χ2n) is 3.85. The fourth-order valence-corrected chi connectivity index (χ4v) is 2.91. The Kier molecular flexibility index (Phi) is 4.51. The third kappa shape index (κ3) is 3.86. The minimum Gasteiger partial charge on any atom is -0.297 e.